The average molecular weight is 290 g/mol. The van der Waals surface area contributed by atoms with Gasteiger partial charge in [-0.3, -0.25) is 5.32 Å². The van der Waals surface area contributed by atoms with E-state index in [2.05, 4.69) is 31.3 Å². The van der Waals surface area contributed by atoms with Crippen molar-refractivity contribution in [3.63, 3.8) is 0 Å². The average Bonchev–Trinajstić information content (AvgIpc) is 2.87. The summed E-state index contributed by atoms with van der Waals surface area (Å²) in [5.41, 5.74) is 1.01. The number of nitriles is 1. The molecule has 20 heavy (non-hydrogen) atoms. The molecular weight excluding hydrogens is 272 g/mol. The van der Waals surface area contributed by atoms with E-state index in [9.17, 15) is 5.26 Å². The van der Waals surface area contributed by atoms with Crippen molar-refractivity contribution >= 4 is 22.9 Å². The van der Waals surface area contributed by atoms with Crippen molar-refractivity contribution in [2.24, 2.45) is 0 Å². The van der Waals surface area contributed by atoms with Crippen LogP contribution in [-0.2, 0) is 0 Å². The summed E-state index contributed by atoms with van der Waals surface area (Å²) in [7, 11) is 0. The van der Waals surface area contributed by atoms with Gasteiger partial charge in [-0.25, -0.2) is 15.0 Å². The molecule has 0 amide bonds. The molecule has 2 aromatic rings. The number of aromatic nitrogens is 4. The standard InChI is InChI=1S/C13H18N6S/c1-9(2)19-13(3,6-14)4-5-20-12-10-11(16-7-15-10)17-8-18-12/h7-9,19H,4-5H2,1-3H3,(H,15,16,17,18). The monoisotopic (exact) mass is 290 g/mol. The third-order valence-corrected chi connectivity index (χ3v) is 3.87. The minimum absolute atomic E-state index is 0.281. The molecule has 106 valence electrons. The smallest absolute Gasteiger partial charge is 0.181 e. The van der Waals surface area contributed by atoms with Gasteiger partial charge in [-0.15, -0.1) is 11.8 Å². The summed E-state index contributed by atoms with van der Waals surface area (Å²) in [5, 5.41) is 13.5. The third kappa shape index (κ3) is 3.46. The van der Waals surface area contributed by atoms with E-state index in [1.807, 2.05) is 20.8 Å². The fourth-order valence-corrected chi connectivity index (χ4v) is 3.12. The summed E-state index contributed by atoms with van der Waals surface area (Å²) in [6, 6.07) is 2.63. The lowest BCUT2D eigenvalue weighted by atomic mass is 10.0. The molecular formula is C13H18N6S. The van der Waals surface area contributed by atoms with Crippen molar-refractivity contribution in [2.45, 2.75) is 43.8 Å². The van der Waals surface area contributed by atoms with E-state index < -0.39 is 5.54 Å². The van der Waals surface area contributed by atoms with Crippen LogP contribution in [0.5, 0.6) is 0 Å². The predicted molar refractivity (Wildman–Crippen MR) is 79.3 cm³/mol. The first-order valence-corrected chi connectivity index (χ1v) is 7.48. The van der Waals surface area contributed by atoms with Gasteiger partial charge in [0.05, 0.1) is 12.4 Å². The molecule has 7 heteroatoms. The highest BCUT2D eigenvalue weighted by Gasteiger charge is 2.24. The molecule has 0 bridgehead atoms. The highest BCUT2D eigenvalue weighted by molar-refractivity contribution is 7.99. The van der Waals surface area contributed by atoms with Crippen LogP contribution < -0.4 is 5.32 Å². The molecule has 1 atom stereocenters. The third-order valence-electron chi connectivity index (χ3n) is 2.88. The Morgan fingerprint density at radius 2 is 2.25 bits per heavy atom. The predicted octanol–water partition coefficient (Wildman–Crippen LogP) is 2.12. The Bertz CT molecular complexity index is 617. The van der Waals surface area contributed by atoms with Crippen LogP contribution in [0.4, 0.5) is 0 Å². The highest BCUT2D eigenvalue weighted by Crippen LogP contribution is 2.24. The van der Waals surface area contributed by atoms with E-state index in [1.54, 1.807) is 18.1 Å². The Kier molecular flexibility index (Phi) is 4.57. The van der Waals surface area contributed by atoms with Gasteiger partial charge in [-0.05, 0) is 27.2 Å². The molecule has 0 aromatic carbocycles. The van der Waals surface area contributed by atoms with Crippen molar-refractivity contribution in [2.75, 3.05) is 5.75 Å². The molecule has 2 aromatic heterocycles. The maximum absolute atomic E-state index is 9.31. The van der Waals surface area contributed by atoms with Crippen LogP contribution in [0.2, 0.25) is 0 Å². The lowest BCUT2D eigenvalue weighted by Gasteiger charge is -2.25. The summed E-state index contributed by atoms with van der Waals surface area (Å²) in [6.07, 6.45) is 3.87. The first-order chi connectivity index (χ1) is 9.54. The van der Waals surface area contributed by atoms with Gasteiger partial charge in [0, 0.05) is 11.8 Å². The Balaban J connectivity index is 1.99. The van der Waals surface area contributed by atoms with Crippen molar-refractivity contribution in [3.05, 3.63) is 12.7 Å². The number of aromatic amines is 1. The molecule has 0 aliphatic heterocycles. The summed E-state index contributed by atoms with van der Waals surface area (Å²) < 4.78 is 0. The Morgan fingerprint density at radius 3 is 2.95 bits per heavy atom. The molecule has 0 saturated heterocycles. The van der Waals surface area contributed by atoms with Gasteiger partial charge < -0.3 is 4.98 Å². The topological polar surface area (TPSA) is 90.3 Å². The van der Waals surface area contributed by atoms with Crippen molar-refractivity contribution in [1.29, 1.82) is 5.26 Å². The Labute approximate surface area is 122 Å². The second-order valence-corrected chi connectivity index (χ2v) is 6.20. The van der Waals surface area contributed by atoms with Crippen LogP contribution in [0, 0.1) is 11.3 Å². The molecule has 0 spiro atoms. The molecule has 2 heterocycles. The minimum atomic E-state index is -0.513. The minimum Gasteiger partial charge on any atom is -0.341 e. The van der Waals surface area contributed by atoms with Gasteiger partial charge in [0.15, 0.2) is 5.65 Å². The molecule has 0 aliphatic carbocycles. The quantitative estimate of drug-likeness (QED) is 0.625. The second-order valence-electron chi connectivity index (χ2n) is 5.12. The van der Waals surface area contributed by atoms with Crippen molar-refractivity contribution in [3.8, 4) is 6.07 Å². The molecule has 1 unspecified atom stereocenters. The number of fused-ring (bicyclic) bond motifs is 1. The Hall–Kier alpha value is -1.65. The van der Waals surface area contributed by atoms with Crippen LogP contribution in [0.25, 0.3) is 11.2 Å². The van der Waals surface area contributed by atoms with E-state index in [0.29, 0.717) is 5.65 Å². The van der Waals surface area contributed by atoms with Gasteiger partial charge in [-0.2, -0.15) is 5.26 Å². The highest BCUT2D eigenvalue weighted by atomic mass is 32.2. The van der Waals surface area contributed by atoms with Crippen LogP contribution in [0.3, 0.4) is 0 Å². The first-order valence-electron chi connectivity index (χ1n) is 6.50. The number of imidazole rings is 1. The zero-order valence-electron chi connectivity index (χ0n) is 11.8. The maximum Gasteiger partial charge on any atom is 0.181 e. The van der Waals surface area contributed by atoms with E-state index in [4.69, 9.17) is 0 Å². The zero-order chi connectivity index (χ0) is 14.6. The maximum atomic E-state index is 9.31. The first kappa shape index (κ1) is 14.8. The van der Waals surface area contributed by atoms with Crippen LogP contribution in [0.15, 0.2) is 17.7 Å². The number of nitrogens with zero attached hydrogens (tertiary/aromatic N) is 4. The van der Waals surface area contributed by atoms with Gasteiger partial charge in [-0.1, -0.05) is 0 Å². The lowest BCUT2D eigenvalue weighted by molar-refractivity contribution is 0.397. The Morgan fingerprint density at radius 1 is 1.45 bits per heavy atom. The number of H-pyrrole nitrogens is 1. The normalized spacial score (nSPS) is 14.3. The molecule has 0 radical (unpaired) electrons. The number of hydrogen-bond donors (Lipinski definition) is 2. The van der Waals surface area contributed by atoms with Gasteiger partial charge >= 0.3 is 0 Å². The van der Waals surface area contributed by atoms with Crippen molar-refractivity contribution in [1.82, 2.24) is 25.3 Å². The molecule has 0 fully saturated rings. The fraction of sp³-hybridized carbons (Fsp3) is 0.538. The molecule has 2 rings (SSSR count). The number of rotatable bonds is 6. The molecule has 6 nitrogen and oxygen atoms in total. The van der Waals surface area contributed by atoms with Crippen LogP contribution in [0.1, 0.15) is 27.2 Å². The largest absolute Gasteiger partial charge is 0.341 e. The van der Waals surface area contributed by atoms with E-state index >= 15 is 0 Å². The van der Waals surface area contributed by atoms with E-state index in [0.717, 1.165) is 22.7 Å². The lowest BCUT2D eigenvalue weighted by Crippen LogP contribution is -2.45. The molecule has 2 N–H and O–H groups in total. The van der Waals surface area contributed by atoms with Gasteiger partial charge in [0.25, 0.3) is 0 Å². The summed E-state index contributed by atoms with van der Waals surface area (Å²) in [4.78, 5) is 15.5. The summed E-state index contributed by atoms with van der Waals surface area (Å²) in [6.45, 7) is 6.02. The van der Waals surface area contributed by atoms with Crippen LogP contribution in [-0.4, -0.2) is 37.3 Å². The number of hydrogen-bond acceptors (Lipinski definition) is 6. The summed E-state index contributed by atoms with van der Waals surface area (Å²) >= 11 is 1.61. The molecule has 0 aliphatic rings. The zero-order valence-corrected chi connectivity index (χ0v) is 12.7. The fourth-order valence-electron chi connectivity index (χ4n) is 2.00. The molecule has 0 saturated carbocycles. The van der Waals surface area contributed by atoms with E-state index in [-0.39, 0.29) is 6.04 Å². The van der Waals surface area contributed by atoms with Gasteiger partial charge in [0.2, 0.25) is 0 Å². The number of thioether (sulfide) groups is 1. The summed E-state index contributed by atoms with van der Waals surface area (Å²) in [5.74, 6) is 0.801. The van der Waals surface area contributed by atoms with Crippen molar-refractivity contribution < 1.29 is 0 Å². The number of nitrogens with one attached hydrogen (secondary N) is 2. The van der Waals surface area contributed by atoms with Gasteiger partial charge in [0.1, 0.15) is 22.4 Å². The van der Waals surface area contributed by atoms with E-state index in [1.165, 1.54) is 6.33 Å². The SMILES string of the molecule is CC(C)NC(C)(C#N)CCSc1ncnc2nc[nH]c12. The second kappa shape index (κ2) is 6.20. The van der Waals surface area contributed by atoms with Crippen LogP contribution >= 0.6 is 11.8 Å².